The maximum absolute atomic E-state index is 12.8. The molecule has 0 rings (SSSR count). The Bertz CT molecular complexity index is 467. The smallest absolute Gasteiger partial charge is 0.422 e. The van der Waals surface area contributed by atoms with E-state index in [0.717, 1.165) is 0 Å². The predicted molar refractivity (Wildman–Crippen MR) is 86.1 cm³/mol. The summed E-state index contributed by atoms with van der Waals surface area (Å²) in [5.41, 5.74) is -3.38. The van der Waals surface area contributed by atoms with E-state index >= 15 is 0 Å². The van der Waals surface area contributed by atoms with Gasteiger partial charge < -0.3 is 14.2 Å². The molecule has 0 saturated carbocycles. The molecule has 0 unspecified atom stereocenters. The fourth-order valence-electron chi connectivity index (χ4n) is 2.86. The van der Waals surface area contributed by atoms with E-state index in [2.05, 4.69) is 4.74 Å². The van der Waals surface area contributed by atoms with Crippen molar-refractivity contribution in [1.82, 2.24) is 0 Å². The minimum absolute atomic E-state index is 0.0204. The van der Waals surface area contributed by atoms with Gasteiger partial charge in [-0.15, -0.1) is 0 Å². The summed E-state index contributed by atoms with van der Waals surface area (Å²) >= 11 is 0. The summed E-state index contributed by atoms with van der Waals surface area (Å²) in [5, 5.41) is 0. The normalized spacial score (nSPS) is 13.7. The van der Waals surface area contributed by atoms with Crippen molar-refractivity contribution in [3.63, 3.8) is 0 Å². The monoisotopic (exact) mass is 370 g/mol. The number of esters is 1. The van der Waals surface area contributed by atoms with Gasteiger partial charge in [-0.1, -0.05) is 13.8 Å². The van der Waals surface area contributed by atoms with Crippen LogP contribution in [0.2, 0.25) is 0 Å². The fraction of sp³-hybridized carbons (Fsp3) is 0.882. The Morgan fingerprint density at radius 1 is 0.880 bits per heavy atom. The molecule has 8 heteroatoms. The van der Waals surface area contributed by atoms with Crippen LogP contribution in [0.25, 0.3) is 0 Å². The lowest BCUT2D eigenvalue weighted by Gasteiger charge is -2.37. The van der Waals surface area contributed by atoms with E-state index in [1.165, 1.54) is 21.0 Å². The van der Waals surface area contributed by atoms with Gasteiger partial charge in [-0.2, -0.15) is 13.2 Å². The Morgan fingerprint density at radius 2 is 1.40 bits per heavy atom. The van der Waals surface area contributed by atoms with Gasteiger partial charge >= 0.3 is 12.1 Å². The number of halogens is 3. The number of alkyl halides is 3. The molecule has 0 N–H and O–H groups in total. The highest BCUT2D eigenvalue weighted by Crippen LogP contribution is 2.38. The van der Waals surface area contributed by atoms with Crippen molar-refractivity contribution in [2.24, 2.45) is 10.8 Å². The summed E-state index contributed by atoms with van der Waals surface area (Å²) in [7, 11) is 1.51. The van der Waals surface area contributed by atoms with Gasteiger partial charge in [0.2, 0.25) is 0 Å². The largest absolute Gasteiger partial charge is 0.456 e. The molecule has 0 aliphatic heterocycles. The maximum Gasteiger partial charge on any atom is 0.422 e. The van der Waals surface area contributed by atoms with E-state index in [1.807, 2.05) is 0 Å². The number of carbonyl (C=O) groups excluding carboxylic acids is 2. The molecule has 0 bridgehead atoms. The van der Waals surface area contributed by atoms with Gasteiger partial charge in [-0.3, -0.25) is 9.59 Å². The van der Waals surface area contributed by atoms with Crippen LogP contribution in [0.5, 0.6) is 0 Å². The van der Waals surface area contributed by atoms with Crippen molar-refractivity contribution in [1.29, 1.82) is 0 Å². The van der Waals surface area contributed by atoms with Crippen molar-refractivity contribution >= 4 is 11.8 Å². The zero-order chi connectivity index (χ0) is 20.1. The van der Waals surface area contributed by atoms with E-state index in [9.17, 15) is 22.8 Å². The van der Waals surface area contributed by atoms with E-state index in [0.29, 0.717) is 6.61 Å². The van der Waals surface area contributed by atoms with E-state index < -0.39 is 35.2 Å². The Kier molecular flexibility index (Phi) is 8.10. The van der Waals surface area contributed by atoms with Gasteiger partial charge in [0.1, 0.15) is 5.60 Å². The fourth-order valence-corrected chi connectivity index (χ4v) is 2.86. The van der Waals surface area contributed by atoms with Gasteiger partial charge in [-0.05, 0) is 34.1 Å². The van der Waals surface area contributed by atoms with Crippen LogP contribution in [-0.4, -0.2) is 50.5 Å². The lowest BCUT2D eigenvalue weighted by Crippen LogP contribution is -2.47. The zero-order valence-electron chi connectivity index (χ0n) is 16.0. The van der Waals surface area contributed by atoms with Crippen molar-refractivity contribution in [2.45, 2.75) is 59.7 Å². The molecule has 0 aromatic rings. The molecule has 0 aliphatic carbocycles. The highest BCUT2D eigenvalue weighted by atomic mass is 19.4. The second-order valence-electron chi connectivity index (χ2n) is 7.82. The lowest BCUT2D eigenvalue weighted by molar-refractivity contribution is -0.193. The minimum atomic E-state index is -4.59. The van der Waals surface area contributed by atoms with Gasteiger partial charge in [-0.25, -0.2) is 0 Å². The number of Topliss-reactive ketones (excluding diaryl/α,β-unsaturated/α-hetero) is 1. The summed E-state index contributed by atoms with van der Waals surface area (Å²) in [6.45, 7) is 8.32. The molecule has 5 nitrogen and oxygen atoms in total. The molecule has 0 aliphatic rings. The zero-order valence-corrected chi connectivity index (χ0v) is 16.0. The standard InChI is InChI=1S/C17H29F3O5/c1-14(2,12(21)16(5,6)25-9-8-23-7)10-15(3,4)13(22)24-11-17(18,19)20/h8-11H2,1-7H3. The first-order valence-electron chi connectivity index (χ1n) is 7.97. The molecular formula is C17H29F3O5. The first-order chi connectivity index (χ1) is 11.1. The molecule has 0 spiro atoms. The molecule has 0 aromatic heterocycles. The number of rotatable bonds is 10. The van der Waals surface area contributed by atoms with Crippen molar-refractivity contribution in [3.8, 4) is 0 Å². The van der Waals surface area contributed by atoms with E-state index in [4.69, 9.17) is 9.47 Å². The van der Waals surface area contributed by atoms with Crippen LogP contribution < -0.4 is 0 Å². The molecule has 25 heavy (non-hydrogen) atoms. The van der Waals surface area contributed by atoms with Crippen molar-refractivity contribution in [3.05, 3.63) is 0 Å². The van der Waals surface area contributed by atoms with Crippen LogP contribution in [-0.2, 0) is 23.8 Å². The number of ketones is 1. The highest BCUT2D eigenvalue weighted by Gasteiger charge is 2.46. The van der Waals surface area contributed by atoms with E-state index in [-0.39, 0.29) is 18.8 Å². The number of methoxy groups -OCH3 is 1. The molecule has 148 valence electrons. The summed E-state index contributed by atoms with van der Waals surface area (Å²) in [6, 6.07) is 0. The topological polar surface area (TPSA) is 61.8 Å². The second kappa shape index (κ2) is 8.49. The van der Waals surface area contributed by atoms with Crippen LogP contribution in [0.15, 0.2) is 0 Å². The predicted octanol–water partition coefficient (Wildman–Crippen LogP) is 3.55. The average Bonchev–Trinajstić information content (AvgIpc) is 2.42. The highest BCUT2D eigenvalue weighted by molar-refractivity contribution is 5.92. The SMILES string of the molecule is COCCOC(C)(C)C(=O)C(C)(C)CC(C)(C)C(=O)OCC(F)(F)F. The second-order valence-corrected chi connectivity index (χ2v) is 7.82. The summed E-state index contributed by atoms with van der Waals surface area (Å²) in [6.07, 6.45) is -4.57. The van der Waals surface area contributed by atoms with Crippen LogP contribution in [0, 0.1) is 10.8 Å². The molecular weight excluding hydrogens is 341 g/mol. The summed E-state index contributed by atoms with van der Waals surface area (Å²) in [4.78, 5) is 24.8. The van der Waals surface area contributed by atoms with Crippen LogP contribution in [0.1, 0.15) is 48.0 Å². The Morgan fingerprint density at radius 3 is 1.84 bits per heavy atom. The van der Waals surface area contributed by atoms with Crippen molar-refractivity contribution < 1.29 is 37.0 Å². The van der Waals surface area contributed by atoms with Gasteiger partial charge in [0, 0.05) is 12.5 Å². The first-order valence-corrected chi connectivity index (χ1v) is 7.97. The summed E-state index contributed by atoms with van der Waals surface area (Å²) in [5.74, 6) is -1.25. The Labute approximate surface area is 147 Å². The van der Waals surface area contributed by atoms with Crippen LogP contribution in [0.4, 0.5) is 13.2 Å². The molecule has 0 aromatic carbocycles. The summed E-state index contributed by atoms with van der Waals surface area (Å²) < 4.78 is 51.4. The van der Waals surface area contributed by atoms with Gasteiger partial charge in [0.25, 0.3) is 0 Å². The maximum atomic E-state index is 12.8. The quantitative estimate of drug-likeness (QED) is 0.435. The van der Waals surface area contributed by atoms with Crippen molar-refractivity contribution in [2.75, 3.05) is 26.9 Å². The lowest BCUT2D eigenvalue weighted by atomic mass is 9.69. The third-order valence-corrected chi connectivity index (χ3v) is 3.72. The molecule has 0 fully saturated rings. The molecule has 0 atom stereocenters. The van der Waals surface area contributed by atoms with Gasteiger partial charge in [0.15, 0.2) is 12.4 Å². The van der Waals surface area contributed by atoms with Gasteiger partial charge in [0.05, 0.1) is 18.6 Å². The van der Waals surface area contributed by atoms with Crippen LogP contribution in [0.3, 0.4) is 0 Å². The number of ether oxygens (including phenoxy) is 3. The number of hydrogen-bond acceptors (Lipinski definition) is 5. The van der Waals surface area contributed by atoms with E-state index in [1.54, 1.807) is 27.7 Å². The third kappa shape index (κ3) is 8.18. The Hall–Kier alpha value is -1.15. The number of hydrogen-bond donors (Lipinski definition) is 0. The Balaban J connectivity index is 5.01. The molecule has 0 heterocycles. The minimum Gasteiger partial charge on any atom is -0.456 e. The number of carbonyl (C=O) groups is 2. The molecule has 0 amide bonds. The average molecular weight is 370 g/mol. The van der Waals surface area contributed by atoms with Crippen LogP contribution >= 0.6 is 0 Å². The molecule has 0 saturated heterocycles. The molecule has 0 radical (unpaired) electrons. The third-order valence-electron chi connectivity index (χ3n) is 3.72. The first kappa shape index (κ1) is 23.9.